The smallest absolute Gasteiger partial charge is 0.314 e. The lowest BCUT2D eigenvalue weighted by molar-refractivity contribution is 0.240. The molecule has 15 heavy (non-hydrogen) atoms. The van der Waals surface area contributed by atoms with Crippen LogP contribution >= 0.6 is 0 Å². The van der Waals surface area contributed by atoms with Crippen LogP contribution in [-0.2, 0) is 0 Å². The van der Waals surface area contributed by atoms with E-state index in [9.17, 15) is 4.79 Å². The summed E-state index contributed by atoms with van der Waals surface area (Å²) in [6, 6.07) is -0.0649. The molecule has 0 aliphatic rings. The zero-order valence-corrected chi connectivity index (χ0v) is 10.1. The molecule has 90 valence electrons. The van der Waals surface area contributed by atoms with E-state index in [1.165, 1.54) is 0 Å². The summed E-state index contributed by atoms with van der Waals surface area (Å²) in [4.78, 5) is 13.3. The Kier molecular flexibility index (Phi) is 9.21. The predicted octanol–water partition coefficient (Wildman–Crippen LogP) is -0.153. The number of nitrogens with zero attached hydrogens (tertiary/aromatic N) is 1. The summed E-state index contributed by atoms with van der Waals surface area (Å²) < 4.78 is 0. The first-order valence-corrected chi connectivity index (χ1v) is 5.48. The van der Waals surface area contributed by atoms with E-state index in [1.807, 2.05) is 21.1 Å². The van der Waals surface area contributed by atoms with Crippen LogP contribution in [-0.4, -0.2) is 58.3 Å². The molecule has 0 rings (SSSR count). The van der Waals surface area contributed by atoms with Crippen LogP contribution in [0.25, 0.3) is 0 Å². The Morgan fingerprint density at radius 3 is 2.20 bits per heavy atom. The van der Waals surface area contributed by atoms with Crippen LogP contribution in [0.5, 0.6) is 0 Å². The van der Waals surface area contributed by atoms with Crippen LogP contribution in [0.3, 0.4) is 0 Å². The van der Waals surface area contributed by atoms with Crippen molar-refractivity contribution in [1.82, 2.24) is 20.9 Å². The first-order valence-electron chi connectivity index (χ1n) is 5.48. The Morgan fingerprint density at radius 1 is 1.07 bits per heavy atom. The molecule has 0 aliphatic heterocycles. The highest BCUT2D eigenvalue weighted by Gasteiger charge is 1.97. The van der Waals surface area contributed by atoms with Crippen LogP contribution in [0.2, 0.25) is 0 Å². The van der Waals surface area contributed by atoms with Crippen LogP contribution in [0.15, 0.2) is 0 Å². The summed E-state index contributed by atoms with van der Waals surface area (Å²) in [5.74, 6) is 0. The lowest BCUT2D eigenvalue weighted by Crippen LogP contribution is -2.37. The van der Waals surface area contributed by atoms with E-state index in [4.69, 9.17) is 0 Å². The molecule has 0 saturated heterocycles. The van der Waals surface area contributed by atoms with Crippen molar-refractivity contribution in [3.8, 4) is 0 Å². The van der Waals surface area contributed by atoms with Gasteiger partial charge in [0, 0.05) is 13.1 Å². The van der Waals surface area contributed by atoms with Crippen LogP contribution in [0, 0.1) is 0 Å². The van der Waals surface area contributed by atoms with Crippen molar-refractivity contribution in [2.45, 2.75) is 12.8 Å². The average molecular weight is 216 g/mol. The van der Waals surface area contributed by atoms with Gasteiger partial charge in [-0.15, -0.1) is 0 Å². The predicted molar refractivity (Wildman–Crippen MR) is 63.1 cm³/mol. The molecule has 0 bridgehead atoms. The number of hydrogen-bond acceptors (Lipinski definition) is 3. The van der Waals surface area contributed by atoms with Gasteiger partial charge in [0.2, 0.25) is 0 Å². The van der Waals surface area contributed by atoms with Gasteiger partial charge < -0.3 is 20.9 Å². The van der Waals surface area contributed by atoms with E-state index < -0.39 is 0 Å². The Hall–Kier alpha value is -0.810. The molecule has 0 aliphatic carbocycles. The van der Waals surface area contributed by atoms with E-state index >= 15 is 0 Å². The molecule has 3 N–H and O–H groups in total. The van der Waals surface area contributed by atoms with Gasteiger partial charge in [-0.05, 0) is 47.1 Å². The van der Waals surface area contributed by atoms with Gasteiger partial charge in [-0.3, -0.25) is 0 Å². The Labute approximate surface area is 92.6 Å². The highest BCUT2D eigenvalue weighted by atomic mass is 16.2. The van der Waals surface area contributed by atoms with E-state index in [-0.39, 0.29) is 6.03 Å². The second-order valence-electron chi connectivity index (χ2n) is 3.80. The molecule has 0 aromatic rings. The number of amides is 2. The van der Waals surface area contributed by atoms with Crippen molar-refractivity contribution >= 4 is 6.03 Å². The van der Waals surface area contributed by atoms with Crippen molar-refractivity contribution in [2.75, 3.05) is 47.3 Å². The molecule has 0 heterocycles. The summed E-state index contributed by atoms with van der Waals surface area (Å²) in [6.45, 7) is 3.39. The number of carbonyl (C=O) groups excluding carboxylic acids is 1. The number of hydrogen-bond donors (Lipinski definition) is 3. The first kappa shape index (κ1) is 14.2. The molecular weight excluding hydrogens is 192 g/mol. The first-order chi connectivity index (χ1) is 7.16. The van der Waals surface area contributed by atoms with Gasteiger partial charge >= 0.3 is 6.03 Å². The minimum atomic E-state index is -0.0649. The monoisotopic (exact) mass is 216 g/mol. The Bertz CT molecular complexity index is 162. The van der Waals surface area contributed by atoms with E-state index in [1.54, 1.807) is 0 Å². The van der Waals surface area contributed by atoms with Crippen molar-refractivity contribution in [3.63, 3.8) is 0 Å². The molecule has 0 atom stereocenters. The van der Waals surface area contributed by atoms with E-state index in [0.29, 0.717) is 0 Å². The molecular formula is C10H24N4O. The molecule has 5 nitrogen and oxygen atoms in total. The fraction of sp³-hybridized carbons (Fsp3) is 0.900. The minimum Gasteiger partial charge on any atom is -0.338 e. The topological polar surface area (TPSA) is 56.4 Å². The maximum absolute atomic E-state index is 11.2. The minimum absolute atomic E-state index is 0.0649. The van der Waals surface area contributed by atoms with Gasteiger partial charge in [-0.1, -0.05) is 0 Å². The number of carbonyl (C=O) groups is 1. The molecule has 2 amide bonds. The molecule has 0 fully saturated rings. The van der Waals surface area contributed by atoms with Crippen molar-refractivity contribution in [1.29, 1.82) is 0 Å². The molecule has 5 heteroatoms. The molecule has 0 radical (unpaired) electrons. The molecule has 0 aromatic heterocycles. The van der Waals surface area contributed by atoms with E-state index in [0.717, 1.165) is 39.0 Å². The highest BCUT2D eigenvalue weighted by Crippen LogP contribution is 1.80. The standard InChI is InChI=1S/C10H24N4O/c1-11-6-4-7-12-10(15)13-8-5-9-14(2)3/h11H,4-9H2,1-3H3,(H2,12,13,15). The SMILES string of the molecule is CNCCCNC(=O)NCCCN(C)C. The van der Waals surface area contributed by atoms with Gasteiger partial charge in [0.25, 0.3) is 0 Å². The summed E-state index contributed by atoms with van der Waals surface area (Å²) in [7, 11) is 5.96. The lowest BCUT2D eigenvalue weighted by atomic mass is 10.4. The van der Waals surface area contributed by atoms with Gasteiger partial charge in [-0.2, -0.15) is 0 Å². The lowest BCUT2D eigenvalue weighted by Gasteiger charge is -2.10. The van der Waals surface area contributed by atoms with Gasteiger partial charge in [-0.25, -0.2) is 4.79 Å². The maximum Gasteiger partial charge on any atom is 0.314 e. The quantitative estimate of drug-likeness (QED) is 0.494. The highest BCUT2D eigenvalue weighted by molar-refractivity contribution is 5.73. The molecule has 0 aromatic carbocycles. The summed E-state index contributed by atoms with van der Waals surface area (Å²) in [5.41, 5.74) is 0. The van der Waals surface area contributed by atoms with Gasteiger partial charge in [0.15, 0.2) is 0 Å². The summed E-state index contributed by atoms with van der Waals surface area (Å²) in [6.07, 6.45) is 1.94. The second kappa shape index (κ2) is 9.73. The average Bonchev–Trinajstić information content (AvgIpc) is 2.19. The van der Waals surface area contributed by atoms with Crippen molar-refractivity contribution in [3.05, 3.63) is 0 Å². The second-order valence-corrected chi connectivity index (χ2v) is 3.80. The zero-order valence-electron chi connectivity index (χ0n) is 10.1. The third-order valence-corrected chi connectivity index (χ3v) is 1.96. The normalized spacial score (nSPS) is 10.4. The number of urea groups is 1. The van der Waals surface area contributed by atoms with Gasteiger partial charge in [0.1, 0.15) is 0 Å². The van der Waals surface area contributed by atoms with Crippen LogP contribution in [0.4, 0.5) is 4.79 Å². The number of nitrogens with one attached hydrogen (secondary N) is 3. The summed E-state index contributed by atoms with van der Waals surface area (Å²) in [5, 5.41) is 8.65. The Morgan fingerprint density at radius 2 is 1.67 bits per heavy atom. The number of rotatable bonds is 8. The van der Waals surface area contributed by atoms with E-state index in [2.05, 4.69) is 20.9 Å². The van der Waals surface area contributed by atoms with Gasteiger partial charge in [0.05, 0.1) is 0 Å². The largest absolute Gasteiger partial charge is 0.338 e. The molecule has 0 unspecified atom stereocenters. The zero-order chi connectivity index (χ0) is 11.5. The fourth-order valence-corrected chi connectivity index (χ4v) is 1.13. The van der Waals surface area contributed by atoms with Crippen LogP contribution < -0.4 is 16.0 Å². The molecule has 0 spiro atoms. The Balaban J connectivity index is 3.19. The van der Waals surface area contributed by atoms with Crippen molar-refractivity contribution in [2.24, 2.45) is 0 Å². The third kappa shape index (κ3) is 11.1. The third-order valence-electron chi connectivity index (χ3n) is 1.96. The van der Waals surface area contributed by atoms with Crippen LogP contribution in [0.1, 0.15) is 12.8 Å². The fourth-order valence-electron chi connectivity index (χ4n) is 1.13. The maximum atomic E-state index is 11.2. The summed E-state index contributed by atoms with van der Waals surface area (Å²) >= 11 is 0. The molecule has 0 saturated carbocycles. The van der Waals surface area contributed by atoms with Crippen molar-refractivity contribution < 1.29 is 4.79 Å².